The lowest BCUT2D eigenvalue weighted by molar-refractivity contribution is -0.132. The van der Waals surface area contributed by atoms with Gasteiger partial charge in [-0.3, -0.25) is 9.59 Å². The minimum atomic E-state index is -0.257. The van der Waals surface area contributed by atoms with E-state index < -0.39 is 0 Å². The van der Waals surface area contributed by atoms with Gasteiger partial charge in [-0.05, 0) is 47.2 Å². The third-order valence-corrected chi connectivity index (χ3v) is 6.10. The van der Waals surface area contributed by atoms with E-state index in [0.717, 1.165) is 37.3 Å². The molecule has 180 valence electrons. The van der Waals surface area contributed by atoms with Crippen molar-refractivity contribution in [1.82, 2.24) is 29.7 Å². The van der Waals surface area contributed by atoms with Crippen LogP contribution in [0.15, 0.2) is 53.2 Å². The SMILES string of the molecule is CN1CCN(C(=O)Cc2cccc(NC(=O)Cn3c(-c4nonc4N)nc4ccccc43)c2)CC1. The van der Waals surface area contributed by atoms with Gasteiger partial charge in [0, 0.05) is 31.9 Å². The molecule has 1 fully saturated rings. The van der Waals surface area contributed by atoms with E-state index in [-0.39, 0.29) is 29.9 Å². The van der Waals surface area contributed by atoms with E-state index in [0.29, 0.717) is 23.4 Å². The summed E-state index contributed by atoms with van der Waals surface area (Å²) < 4.78 is 6.46. The molecule has 1 aliphatic rings. The third-order valence-electron chi connectivity index (χ3n) is 6.10. The second-order valence-electron chi connectivity index (χ2n) is 8.62. The highest BCUT2D eigenvalue weighted by molar-refractivity contribution is 5.93. The number of aromatic nitrogens is 4. The molecule has 0 unspecified atom stereocenters. The summed E-state index contributed by atoms with van der Waals surface area (Å²) in [6.07, 6.45) is 0.294. The number of nitrogen functional groups attached to an aromatic ring is 1. The summed E-state index contributed by atoms with van der Waals surface area (Å²) in [5.41, 5.74) is 9.08. The first-order valence-corrected chi connectivity index (χ1v) is 11.4. The van der Waals surface area contributed by atoms with Crippen LogP contribution in [0.3, 0.4) is 0 Å². The summed E-state index contributed by atoms with van der Waals surface area (Å²) in [5, 5.41) is 10.4. The Morgan fingerprint density at radius 1 is 1.06 bits per heavy atom. The molecule has 0 radical (unpaired) electrons. The van der Waals surface area contributed by atoms with Crippen LogP contribution in [0, 0.1) is 0 Å². The van der Waals surface area contributed by atoms with Gasteiger partial charge in [0.2, 0.25) is 11.8 Å². The summed E-state index contributed by atoms with van der Waals surface area (Å²) in [5.74, 6) is 0.327. The van der Waals surface area contributed by atoms with Gasteiger partial charge in [0.05, 0.1) is 17.5 Å². The van der Waals surface area contributed by atoms with Crippen LogP contribution < -0.4 is 11.1 Å². The number of rotatable bonds is 6. The highest BCUT2D eigenvalue weighted by atomic mass is 16.6. The number of amides is 2. The number of anilines is 2. The van der Waals surface area contributed by atoms with E-state index in [2.05, 4.69) is 32.6 Å². The molecule has 0 saturated carbocycles. The topological polar surface area (TPSA) is 135 Å². The average Bonchev–Trinajstić information content (AvgIpc) is 3.43. The molecule has 0 spiro atoms. The number of hydrogen-bond donors (Lipinski definition) is 2. The van der Waals surface area contributed by atoms with Crippen LogP contribution in [-0.2, 0) is 22.6 Å². The largest absolute Gasteiger partial charge is 0.379 e. The lowest BCUT2D eigenvalue weighted by atomic mass is 10.1. The summed E-state index contributed by atoms with van der Waals surface area (Å²) in [6, 6.07) is 14.8. The fourth-order valence-electron chi connectivity index (χ4n) is 4.21. The van der Waals surface area contributed by atoms with Gasteiger partial charge in [0.25, 0.3) is 0 Å². The zero-order valence-electron chi connectivity index (χ0n) is 19.3. The molecule has 11 nitrogen and oxygen atoms in total. The van der Waals surface area contributed by atoms with E-state index >= 15 is 0 Å². The van der Waals surface area contributed by atoms with E-state index in [4.69, 9.17) is 10.4 Å². The van der Waals surface area contributed by atoms with Crippen LogP contribution >= 0.6 is 0 Å². The number of nitrogens with one attached hydrogen (secondary N) is 1. The van der Waals surface area contributed by atoms with Crippen molar-refractivity contribution in [3.63, 3.8) is 0 Å². The zero-order valence-corrected chi connectivity index (χ0v) is 19.3. The molecule has 0 atom stereocenters. The molecule has 0 bridgehead atoms. The van der Waals surface area contributed by atoms with Crippen LogP contribution in [0.5, 0.6) is 0 Å². The number of imidazole rings is 1. The van der Waals surface area contributed by atoms with Crippen LogP contribution in [0.25, 0.3) is 22.6 Å². The first-order valence-electron chi connectivity index (χ1n) is 11.4. The zero-order chi connectivity index (χ0) is 24.4. The molecule has 11 heteroatoms. The van der Waals surface area contributed by atoms with E-state index in [9.17, 15) is 9.59 Å². The number of hydrogen-bond acceptors (Lipinski definition) is 8. The van der Waals surface area contributed by atoms with Crippen molar-refractivity contribution in [2.75, 3.05) is 44.3 Å². The van der Waals surface area contributed by atoms with E-state index in [1.165, 1.54) is 0 Å². The lowest BCUT2D eigenvalue weighted by Crippen LogP contribution is -2.47. The maximum absolute atomic E-state index is 13.0. The molecule has 3 N–H and O–H groups in total. The standard InChI is InChI=1S/C24H26N8O3/c1-30-9-11-31(12-10-30)21(34)14-16-5-4-6-17(13-16)26-20(33)15-32-19-8-3-2-7-18(19)27-24(32)22-23(25)29-35-28-22/h2-8,13H,9-12,14-15H2,1H3,(H2,25,29)(H,26,33). The Morgan fingerprint density at radius 2 is 1.86 bits per heavy atom. The van der Waals surface area contributed by atoms with Crippen LogP contribution in [-0.4, -0.2) is 74.7 Å². The normalized spacial score (nSPS) is 14.4. The summed E-state index contributed by atoms with van der Waals surface area (Å²) in [6.45, 7) is 3.20. The third kappa shape index (κ3) is 4.85. The molecule has 5 rings (SSSR count). The smallest absolute Gasteiger partial charge is 0.244 e. The molecule has 2 amide bonds. The first-order chi connectivity index (χ1) is 17.0. The highest BCUT2D eigenvalue weighted by Crippen LogP contribution is 2.26. The van der Waals surface area contributed by atoms with Crippen LogP contribution in [0.4, 0.5) is 11.5 Å². The van der Waals surface area contributed by atoms with E-state index in [1.807, 2.05) is 47.4 Å². The molecule has 1 aliphatic heterocycles. The van der Waals surface area contributed by atoms with Crippen molar-refractivity contribution in [2.24, 2.45) is 0 Å². The molecule has 3 heterocycles. The van der Waals surface area contributed by atoms with Gasteiger partial charge in [0.1, 0.15) is 6.54 Å². The lowest BCUT2D eigenvalue weighted by Gasteiger charge is -2.32. The number of likely N-dealkylation sites (N-methyl/N-ethyl adjacent to an activating group) is 1. The van der Waals surface area contributed by atoms with Gasteiger partial charge >= 0.3 is 0 Å². The Labute approximate surface area is 201 Å². The van der Waals surface area contributed by atoms with Crippen molar-refractivity contribution in [2.45, 2.75) is 13.0 Å². The molecular formula is C24H26N8O3. The highest BCUT2D eigenvalue weighted by Gasteiger charge is 2.21. The molecule has 1 saturated heterocycles. The number of nitrogens with two attached hydrogens (primary N) is 1. The van der Waals surface area contributed by atoms with Crippen LogP contribution in [0.1, 0.15) is 5.56 Å². The first kappa shape index (κ1) is 22.5. The van der Waals surface area contributed by atoms with Gasteiger partial charge in [0.15, 0.2) is 17.3 Å². The molecule has 35 heavy (non-hydrogen) atoms. The number of para-hydroxylation sites is 2. The maximum atomic E-state index is 13.0. The Bertz CT molecular complexity index is 1370. The van der Waals surface area contributed by atoms with Gasteiger partial charge in [-0.2, -0.15) is 0 Å². The number of nitrogens with zero attached hydrogens (tertiary/aromatic N) is 6. The second kappa shape index (κ2) is 9.55. The number of piperazine rings is 1. The van der Waals surface area contributed by atoms with Gasteiger partial charge in [-0.15, -0.1) is 0 Å². The van der Waals surface area contributed by atoms with Crippen molar-refractivity contribution in [3.8, 4) is 11.5 Å². The number of carbonyl (C=O) groups is 2. The predicted octanol–water partition coefficient (Wildman–Crippen LogP) is 1.62. The Morgan fingerprint density at radius 3 is 2.63 bits per heavy atom. The Kier molecular flexibility index (Phi) is 6.15. The van der Waals surface area contributed by atoms with Crippen LogP contribution in [0.2, 0.25) is 0 Å². The minimum absolute atomic E-state index is 0.0212. The van der Waals surface area contributed by atoms with Gasteiger partial charge in [-0.1, -0.05) is 24.3 Å². The summed E-state index contributed by atoms with van der Waals surface area (Å²) >= 11 is 0. The number of fused-ring (bicyclic) bond motifs is 1. The van der Waals surface area contributed by atoms with Gasteiger partial charge in [-0.25, -0.2) is 9.61 Å². The molecule has 4 aromatic rings. The number of benzene rings is 2. The summed E-state index contributed by atoms with van der Waals surface area (Å²) in [7, 11) is 2.06. The quantitative estimate of drug-likeness (QED) is 0.430. The average molecular weight is 475 g/mol. The maximum Gasteiger partial charge on any atom is 0.244 e. The van der Waals surface area contributed by atoms with Crippen molar-refractivity contribution >= 4 is 34.4 Å². The van der Waals surface area contributed by atoms with Gasteiger partial charge < -0.3 is 25.4 Å². The molecule has 0 aliphatic carbocycles. The minimum Gasteiger partial charge on any atom is -0.379 e. The predicted molar refractivity (Wildman–Crippen MR) is 130 cm³/mol. The van der Waals surface area contributed by atoms with Crippen molar-refractivity contribution < 1.29 is 14.2 Å². The van der Waals surface area contributed by atoms with Crippen molar-refractivity contribution in [1.29, 1.82) is 0 Å². The Balaban J connectivity index is 1.31. The molecule has 2 aromatic heterocycles. The fourth-order valence-corrected chi connectivity index (χ4v) is 4.21. The van der Waals surface area contributed by atoms with E-state index in [1.54, 1.807) is 10.6 Å². The Hall–Kier alpha value is -4.25. The van der Waals surface area contributed by atoms with Crippen molar-refractivity contribution in [3.05, 3.63) is 54.1 Å². The number of carbonyl (C=O) groups excluding carboxylic acids is 2. The fraction of sp³-hybridized carbons (Fsp3) is 0.292. The monoisotopic (exact) mass is 474 g/mol. The molecular weight excluding hydrogens is 448 g/mol. The molecule has 2 aromatic carbocycles. The second-order valence-corrected chi connectivity index (χ2v) is 8.62. The summed E-state index contributed by atoms with van der Waals surface area (Å²) in [4.78, 5) is 34.4.